The van der Waals surface area contributed by atoms with E-state index in [0.29, 0.717) is 17.2 Å². The molecule has 0 aromatic heterocycles. The number of hydrogen-bond donors (Lipinski definition) is 0. The second-order valence-corrected chi connectivity index (χ2v) is 8.46. The zero-order chi connectivity index (χ0) is 21.1. The maximum absolute atomic E-state index is 13.2. The highest BCUT2D eigenvalue weighted by Crippen LogP contribution is 2.24. The number of likely N-dealkylation sites (tertiary alicyclic amines) is 1. The minimum absolute atomic E-state index is 0.0101. The van der Waals surface area contributed by atoms with Gasteiger partial charge in [0.15, 0.2) is 5.78 Å². The van der Waals surface area contributed by atoms with Gasteiger partial charge in [-0.15, -0.1) is 0 Å². The third kappa shape index (κ3) is 4.26. The molecule has 1 amide bonds. The van der Waals surface area contributed by atoms with E-state index in [1.807, 2.05) is 17.0 Å². The van der Waals surface area contributed by atoms with Gasteiger partial charge in [-0.2, -0.15) is 0 Å². The van der Waals surface area contributed by atoms with Crippen molar-refractivity contribution in [3.05, 3.63) is 65.2 Å². The molecule has 0 unspecified atom stereocenters. The van der Waals surface area contributed by atoms with Gasteiger partial charge in [-0.3, -0.25) is 14.5 Å². The molecule has 158 valence electrons. The highest BCUT2D eigenvalue weighted by Gasteiger charge is 2.31. The molecule has 0 aliphatic carbocycles. The molecule has 5 heteroatoms. The lowest BCUT2D eigenvalue weighted by Crippen LogP contribution is -2.56. The van der Waals surface area contributed by atoms with Gasteiger partial charge in [0.05, 0.1) is 5.56 Å². The van der Waals surface area contributed by atoms with Crippen LogP contribution in [0.3, 0.4) is 0 Å². The molecule has 2 aromatic carbocycles. The molecule has 5 nitrogen and oxygen atoms in total. The normalized spacial score (nSPS) is 20.3. The van der Waals surface area contributed by atoms with Crippen LogP contribution in [0.4, 0.5) is 5.69 Å². The lowest BCUT2D eigenvalue weighted by molar-refractivity contribution is 0.0561. The molecule has 2 saturated heterocycles. The number of aryl methyl sites for hydroxylation is 1. The third-order valence-electron chi connectivity index (χ3n) is 6.51. The topological polar surface area (TPSA) is 43.9 Å². The summed E-state index contributed by atoms with van der Waals surface area (Å²) in [5.41, 5.74) is 3.72. The number of nitrogens with zero attached hydrogens (tertiary/aromatic N) is 3. The van der Waals surface area contributed by atoms with Crippen molar-refractivity contribution in [2.75, 3.05) is 44.2 Å². The molecule has 2 aliphatic rings. The number of ketones is 1. The van der Waals surface area contributed by atoms with Crippen molar-refractivity contribution < 1.29 is 9.59 Å². The number of carbonyl (C=O) groups excluding carboxylic acids is 2. The molecule has 2 fully saturated rings. The van der Waals surface area contributed by atoms with E-state index >= 15 is 0 Å². The van der Waals surface area contributed by atoms with E-state index in [0.717, 1.165) is 52.1 Å². The Morgan fingerprint density at radius 3 is 2.23 bits per heavy atom. The molecular formula is C25H31N3O2. The Labute approximate surface area is 179 Å². The second-order valence-electron chi connectivity index (χ2n) is 8.46. The summed E-state index contributed by atoms with van der Waals surface area (Å²) in [7, 11) is 0. The Hall–Kier alpha value is -2.66. The van der Waals surface area contributed by atoms with E-state index < -0.39 is 0 Å². The molecule has 0 radical (unpaired) electrons. The zero-order valence-corrected chi connectivity index (χ0v) is 18.0. The number of para-hydroxylation sites is 1. The van der Waals surface area contributed by atoms with Crippen LogP contribution in [0.2, 0.25) is 0 Å². The molecule has 0 bridgehead atoms. The average Bonchev–Trinajstić information content (AvgIpc) is 2.79. The number of carbonyl (C=O) groups is 2. The quantitative estimate of drug-likeness (QED) is 0.729. The number of amides is 1. The fraction of sp³-hybridized carbons (Fsp3) is 0.440. The largest absolute Gasteiger partial charge is 0.369 e. The summed E-state index contributed by atoms with van der Waals surface area (Å²) in [4.78, 5) is 32.1. The first kappa shape index (κ1) is 20.6. The van der Waals surface area contributed by atoms with Crippen molar-refractivity contribution >= 4 is 17.4 Å². The van der Waals surface area contributed by atoms with E-state index in [9.17, 15) is 9.59 Å². The van der Waals surface area contributed by atoms with Crippen LogP contribution >= 0.6 is 0 Å². The van der Waals surface area contributed by atoms with Gasteiger partial charge in [-0.25, -0.2) is 0 Å². The Morgan fingerprint density at radius 1 is 0.867 bits per heavy atom. The van der Waals surface area contributed by atoms with Crippen LogP contribution < -0.4 is 4.90 Å². The molecule has 1 atom stereocenters. The van der Waals surface area contributed by atoms with Crippen LogP contribution in [-0.4, -0.2) is 66.8 Å². The summed E-state index contributed by atoms with van der Waals surface area (Å²) < 4.78 is 0. The van der Waals surface area contributed by atoms with Crippen molar-refractivity contribution in [2.45, 2.75) is 32.7 Å². The summed E-state index contributed by atoms with van der Waals surface area (Å²) >= 11 is 0. The number of piperazine rings is 1. The monoisotopic (exact) mass is 405 g/mol. The van der Waals surface area contributed by atoms with Gasteiger partial charge in [0.2, 0.25) is 0 Å². The van der Waals surface area contributed by atoms with Crippen molar-refractivity contribution in [1.29, 1.82) is 0 Å². The first-order chi connectivity index (χ1) is 14.5. The summed E-state index contributed by atoms with van der Waals surface area (Å²) in [5, 5.41) is 0. The maximum atomic E-state index is 13.2. The Morgan fingerprint density at radius 2 is 1.53 bits per heavy atom. The first-order valence-electron chi connectivity index (χ1n) is 11.0. The fourth-order valence-corrected chi connectivity index (χ4v) is 4.83. The van der Waals surface area contributed by atoms with E-state index in [2.05, 4.69) is 41.0 Å². The standard InChI is InChI=1S/C25H31N3O2/c1-19-8-3-6-12-24(19)27-16-14-26(15-17-27)21-9-7-13-28(18-21)25(30)23-11-5-4-10-22(23)20(2)29/h3-6,8,10-12,21H,7,9,13-18H2,1-2H3/t21-/m1/s1. The number of rotatable bonds is 4. The third-order valence-corrected chi connectivity index (χ3v) is 6.51. The molecule has 0 N–H and O–H groups in total. The molecule has 30 heavy (non-hydrogen) atoms. The van der Waals surface area contributed by atoms with E-state index in [-0.39, 0.29) is 11.7 Å². The van der Waals surface area contributed by atoms with E-state index in [4.69, 9.17) is 0 Å². The fourth-order valence-electron chi connectivity index (χ4n) is 4.83. The number of benzene rings is 2. The molecule has 2 aromatic rings. The predicted molar refractivity (Wildman–Crippen MR) is 120 cm³/mol. The van der Waals surface area contributed by atoms with Gasteiger partial charge >= 0.3 is 0 Å². The number of anilines is 1. The Kier molecular flexibility index (Phi) is 6.18. The summed E-state index contributed by atoms with van der Waals surface area (Å²) in [5.74, 6) is -0.0658. The smallest absolute Gasteiger partial charge is 0.254 e. The van der Waals surface area contributed by atoms with Gasteiger partial charge in [-0.1, -0.05) is 36.4 Å². The minimum atomic E-state index is -0.0557. The SMILES string of the molecule is CC(=O)c1ccccc1C(=O)N1CCC[C@@H](N2CCN(c3ccccc3C)CC2)C1. The summed E-state index contributed by atoms with van der Waals surface area (Å²) in [6.45, 7) is 9.28. The van der Waals surface area contributed by atoms with Gasteiger partial charge in [0.1, 0.15) is 0 Å². The maximum Gasteiger partial charge on any atom is 0.254 e. The van der Waals surface area contributed by atoms with Crippen LogP contribution in [0.1, 0.15) is 46.0 Å². The minimum Gasteiger partial charge on any atom is -0.369 e. The molecular weight excluding hydrogens is 374 g/mol. The van der Waals surface area contributed by atoms with Gasteiger partial charge in [0.25, 0.3) is 5.91 Å². The van der Waals surface area contributed by atoms with Crippen LogP contribution in [0.15, 0.2) is 48.5 Å². The van der Waals surface area contributed by atoms with Crippen molar-refractivity contribution in [2.24, 2.45) is 0 Å². The number of Topliss-reactive ketones (excluding diaryl/α,β-unsaturated/α-hetero) is 1. The van der Waals surface area contributed by atoms with Crippen LogP contribution in [0.25, 0.3) is 0 Å². The lowest BCUT2D eigenvalue weighted by atomic mass is 9.99. The van der Waals surface area contributed by atoms with E-state index in [1.165, 1.54) is 18.2 Å². The second kappa shape index (κ2) is 9.00. The predicted octanol–water partition coefficient (Wildman–Crippen LogP) is 3.62. The zero-order valence-electron chi connectivity index (χ0n) is 18.0. The molecule has 0 spiro atoms. The van der Waals surface area contributed by atoms with E-state index in [1.54, 1.807) is 12.1 Å². The van der Waals surface area contributed by atoms with Crippen LogP contribution in [0, 0.1) is 6.92 Å². The average molecular weight is 406 g/mol. The van der Waals surface area contributed by atoms with Gasteiger partial charge in [0, 0.05) is 56.6 Å². The van der Waals surface area contributed by atoms with Crippen LogP contribution in [0.5, 0.6) is 0 Å². The number of hydrogen-bond acceptors (Lipinski definition) is 4. The van der Waals surface area contributed by atoms with Crippen molar-refractivity contribution in [1.82, 2.24) is 9.80 Å². The Balaban J connectivity index is 1.40. The molecule has 2 heterocycles. The Bertz CT molecular complexity index is 918. The lowest BCUT2D eigenvalue weighted by Gasteiger charge is -2.44. The van der Waals surface area contributed by atoms with Crippen molar-refractivity contribution in [3.8, 4) is 0 Å². The summed E-state index contributed by atoms with van der Waals surface area (Å²) in [6.07, 6.45) is 2.14. The molecule has 4 rings (SSSR count). The highest BCUT2D eigenvalue weighted by atomic mass is 16.2. The summed E-state index contributed by atoms with van der Waals surface area (Å²) in [6, 6.07) is 16.2. The molecule has 0 saturated carbocycles. The van der Waals surface area contributed by atoms with Crippen molar-refractivity contribution in [3.63, 3.8) is 0 Å². The highest BCUT2D eigenvalue weighted by molar-refractivity contribution is 6.07. The molecule has 2 aliphatic heterocycles. The first-order valence-corrected chi connectivity index (χ1v) is 11.0. The van der Waals surface area contributed by atoms with Gasteiger partial charge < -0.3 is 9.80 Å². The van der Waals surface area contributed by atoms with Crippen LogP contribution in [-0.2, 0) is 0 Å². The van der Waals surface area contributed by atoms with Gasteiger partial charge in [-0.05, 0) is 44.4 Å². The number of piperidine rings is 1.